The summed E-state index contributed by atoms with van der Waals surface area (Å²) in [7, 11) is 0. The summed E-state index contributed by atoms with van der Waals surface area (Å²) in [5.74, 6) is -0.435. The molecule has 4 heteroatoms. The van der Waals surface area contributed by atoms with Gasteiger partial charge >= 0.3 is 5.97 Å². The Labute approximate surface area is 111 Å². The predicted octanol–water partition coefficient (Wildman–Crippen LogP) is 2.58. The number of thiophene rings is 1. The number of hydrogen-bond donors (Lipinski definition) is 1. The van der Waals surface area contributed by atoms with Crippen molar-refractivity contribution in [2.45, 2.75) is 13.3 Å². The Hall–Kier alpha value is -1.39. The molecule has 18 heavy (non-hydrogen) atoms. The highest BCUT2D eigenvalue weighted by Gasteiger charge is 2.19. The molecule has 0 saturated heterocycles. The topological polar surface area (TPSA) is 52.3 Å². The van der Waals surface area contributed by atoms with Gasteiger partial charge in [-0.25, -0.2) is 0 Å². The van der Waals surface area contributed by atoms with Crippen LogP contribution in [-0.4, -0.2) is 19.1 Å². The van der Waals surface area contributed by atoms with Crippen LogP contribution in [0, 0.1) is 5.92 Å². The first-order chi connectivity index (χ1) is 8.74. The van der Waals surface area contributed by atoms with Gasteiger partial charge in [0, 0.05) is 16.1 Å². The minimum absolute atomic E-state index is 0.197. The Morgan fingerprint density at radius 3 is 2.89 bits per heavy atom. The van der Waals surface area contributed by atoms with Gasteiger partial charge < -0.3 is 10.5 Å². The molecule has 0 saturated carbocycles. The molecule has 96 valence electrons. The van der Waals surface area contributed by atoms with E-state index in [0.29, 0.717) is 19.6 Å². The zero-order valence-corrected chi connectivity index (χ0v) is 11.2. The Morgan fingerprint density at radius 2 is 2.22 bits per heavy atom. The summed E-state index contributed by atoms with van der Waals surface area (Å²) in [4.78, 5) is 12.9. The number of hydrogen-bond acceptors (Lipinski definition) is 4. The van der Waals surface area contributed by atoms with Crippen molar-refractivity contribution in [1.82, 2.24) is 0 Å². The van der Waals surface area contributed by atoms with E-state index in [-0.39, 0.29) is 11.9 Å². The molecule has 1 atom stereocenters. The molecule has 3 nitrogen and oxygen atoms in total. The van der Waals surface area contributed by atoms with E-state index in [1.807, 2.05) is 19.1 Å². The van der Waals surface area contributed by atoms with E-state index in [4.69, 9.17) is 10.5 Å². The molecule has 1 aromatic carbocycles. The van der Waals surface area contributed by atoms with Crippen LogP contribution in [0.3, 0.4) is 0 Å². The maximum absolute atomic E-state index is 11.7. The monoisotopic (exact) mass is 263 g/mol. The normalized spacial score (nSPS) is 12.6. The second-order valence-corrected chi connectivity index (χ2v) is 5.31. The van der Waals surface area contributed by atoms with Gasteiger partial charge in [0.15, 0.2) is 0 Å². The van der Waals surface area contributed by atoms with Crippen LogP contribution in [0.2, 0.25) is 0 Å². The van der Waals surface area contributed by atoms with Crippen molar-refractivity contribution in [2.75, 3.05) is 13.2 Å². The predicted molar refractivity (Wildman–Crippen MR) is 74.7 cm³/mol. The van der Waals surface area contributed by atoms with Crippen LogP contribution in [-0.2, 0) is 16.0 Å². The lowest BCUT2D eigenvalue weighted by molar-refractivity contribution is -0.147. The summed E-state index contributed by atoms with van der Waals surface area (Å²) >= 11 is 1.71. The number of rotatable bonds is 5. The third-order valence-corrected chi connectivity index (χ3v) is 3.97. The largest absolute Gasteiger partial charge is 0.466 e. The lowest BCUT2D eigenvalue weighted by atomic mass is 10.0. The molecule has 1 aromatic heterocycles. The summed E-state index contributed by atoms with van der Waals surface area (Å²) < 4.78 is 6.27. The Kier molecular flexibility index (Phi) is 4.33. The molecule has 0 bridgehead atoms. The van der Waals surface area contributed by atoms with Gasteiger partial charge in [-0.2, -0.15) is 0 Å². The average Bonchev–Trinajstić information content (AvgIpc) is 2.78. The lowest BCUT2D eigenvalue weighted by Gasteiger charge is -2.11. The van der Waals surface area contributed by atoms with E-state index < -0.39 is 0 Å². The molecular weight excluding hydrogens is 246 g/mol. The lowest BCUT2D eigenvalue weighted by Crippen LogP contribution is -2.27. The number of ether oxygens (including phenoxy) is 1. The quantitative estimate of drug-likeness (QED) is 0.844. The van der Waals surface area contributed by atoms with Crippen molar-refractivity contribution in [3.05, 3.63) is 35.2 Å². The Bertz CT molecular complexity index is 502. The first-order valence-electron chi connectivity index (χ1n) is 6.08. The number of nitrogens with two attached hydrogens (primary N) is 1. The third kappa shape index (κ3) is 2.89. The van der Waals surface area contributed by atoms with Gasteiger partial charge in [0.1, 0.15) is 0 Å². The SMILES string of the molecule is CCOC(=O)C(CN)Cc1cc2ccccc2s1. The van der Waals surface area contributed by atoms with E-state index in [2.05, 4.69) is 18.2 Å². The summed E-state index contributed by atoms with van der Waals surface area (Å²) in [6, 6.07) is 10.3. The molecule has 1 heterocycles. The first-order valence-corrected chi connectivity index (χ1v) is 6.90. The summed E-state index contributed by atoms with van der Waals surface area (Å²) in [6.07, 6.45) is 0.661. The standard InChI is InChI=1S/C14H17NO2S/c1-2-17-14(16)11(9-15)8-12-7-10-5-3-4-6-13(10)18-12/h3-7,11H,2,8-9,15H2,1H3. The van der Waals surface area contributed by atoms with Gasteiger partial charge in [0.05, 0.1) is 12.5 Å². The number of benzene rings is 1. The minimum atomic E-state index is -0.238. The molecule has 0 aliphatic heterocycles. The van der Waals surface area contributed by atoms with Crippen molar-refractivity contribution >= 4 is 27.4 Å². The van der Waals surface area contributed by atoms with Crippen molar-refractivity contribution in [2.24, 2.45) is 11.7 Å². The Balaban J connectivity index is 2.13. The molecule has 1 unspecified atom stereocenters. The van der Waals surface area contributed by atoms with Crippen molar-refractivity contribution in [3.63, 3.8) is 0 Å². The first kappa shape index (κ1) is 13.1. The maximum Gasteiger partial charge on any atom is 0.310 e. The fourth-order valence-electron chi connectivity index (χ4n) is 1.90. The van der Waals surface area contributed by atoms with Crippen LogP contribution in [0.25, 0.3) is 10.1 Å². The second kappa shape index (κ2) is 5.98. The molecule has 0 aliphatic rings. The van der Waals surface area contributed by atoms with Gasteiger partial charge in [-0.05, 0) is 30.9 Å². The van der Waals surface area contributed by atoms with E-state index >= 15 is 0 Å². The molecule has 2 N–H and O–H groups in total. The Morgan fingerprint density at radius 1 is 1.44 bits per heavy atom. The number of carbonyl (C=O) groups excluding carboxylic acids is 1. The van der Waals surface area contributed by atoms with Gasteiger partial charge in [-0.15, -0.1) is 11.3 Å². The van der Waals surface area contributed by atoms with Gasteiger partial charge in [-0.1, -0.05) is 18.2 Å². The van der Waals surface area contributed by atoms with Crippen molar-refractivity contribution < 1.29 is 9.53 Å². The van der Waals surface area contributed by atoms with Gasteiger partial charge in [0.2, 0.25) is 0 Å². The third-order valence-electron chi connectivity index (χ3n) is 2.83. The fraction of sp³-hybridized carbons (Fsp3) is 0.357. The van der Waals surface area contributed by atoms with Gasteiger partial charge in [0.25, 0.3) is 0 Å². The van der Waals surface area contributed by atoms with Crippen molar-refractivity contribution in [1.29, 1.82) is 0 Å². The zero-order chi connectivity index (χ0) is 13.0. The summed E-state index contributed by atoms with van der Waals surface area (Å²) in [5.41, 5.74) is 5.65. The maximum atomic E-state index is 11.7. The van der Waals surface area contributed by atoms with Gasteiger partial charge in [-0.3, -0.25) is 4.79 Å². The second-order valence-electron chi connectivity index (χ2n) is 4.14. The van der Waals surface area contributed by atoms with E-state index in [1.54, 1.807) is 11.3 Å². The molecule has 0 aliphatic carbocycles. The average molecular weight is 263 g/mol. The van der Waals surface area contributed by atoms with Crippen LogP contribution in [0.15, 0.2) is 30.3 Å². The number of fused-ring (bicyclic) bond motifs is 1. The van der Waals surface area contributed by atoms with E-state index in [0.717, 1.165) is 0 Å². The fourth-order valence-corrected chi connectivity index (χ4v) is 3.05. The zero-order valence-electron chi connectivity index (χ0n) is 10.4. The molecular formula is C14H17NO2S. The van der Waals surface area contributed by atoms with Crippen LogP contribution in [0.4, 0.5) is 0 Å². The van der Waals surface area contributed by atoms with E-state index in [9.17, 15) is 4.79 Å². The molecule has 0 spiro atoms. The van der Waals surface area contributed by atoms with Crippen LogP contribution >= 0.6 is 11.3 Å². The van der Waals surface area contributed by atoms with E-state index in [1.165, 1.54) is 15.0 Å². The molecule has 0 amide bonds. The molecule has 2 aromatic rings. The highest BCUT2D eigenvalue weighted by Crippen LogP contribution is 2.27. The number of esters is 1. The van der Waals surface area contributed by atoms with Crippen molar-refractivity contribution in [3.8, 4) is 0 Å². The minimum Gasteiger partial charge on any atom is -0.466 e. The van der Waals surface area contributed by atoms with Crippen LogP contribution < -0.4 is 5.73 Å². The summed E-state index contributed by atoms with van der Waals surface area (Å²) in [5, 5.41) is 1.22. The molecule has 0 fully saturated rings. The number of carbonyl (C=O) groups is 1. The smallest absolute Gasteiger partial charge is 0.310 e. The highest BCUT2D eigenvalue weighted by molar-refractivity contribution is 7.19. The molecule has 2 rings (SSSR count). The highest BCUT2D eigenvalue weighted by atomic mass is 32.1. The summed E-state index contributed by atoms with van der Waals surface area (Å²) in [6.45, 7) is 2.54. The molecule has 0 radical (unpaired) electrons. The van der Waals surface area contributed by atoms with Crippen LogP contribution in [0.5, 0.6) is 0 Å². The van der Waals surface area contributed by atoms with Crippen LogP contribution in [0.1, 0.15) is 11.8 Å².